The summed E-state index contributed by atoms with van der Waals surface area (Å²) in [5.74, 6) is 2.97. The number of rotatable bonds is 8. The molecule has 0 unspecified atom stereocenters. The molecule has 0 bridgehead atoms. The third-order valence-corrected chi connectivity index (χ3v) is 15.0. The zero-order chi connectivity index (χ0) is 52.0. The topological polar surface area (TPSA) is 73.8 Å². The third kappa shape index (κ3) is 27.8. The number of likely N-dealkylation sites (N-methyl/N-ethyl adjacent to an activating group) is 2. The highest BCUT2D eigenvalue weighted by Gasteiger charge is 2.31. The lowest BCUT2D eigenvalue weighted by Crippen LogP contribution is -2.62. The average molecular weight is 981 g/mol. The van der Waals surface area contributed by atoms with E-state index < -0.39 is 0 Å². The van der Waals surface area contributed by atoms with Gasteiger partial charge in [0.15, 0.2) is 0 Å². The quantitative estimate of drug-likeness (QED) is 0.253. The highest BCUT2D eigenvalue weighted by Crippen LogP contribution is 2.23. The second-order valence-corrected chi connectivity index (χ2v) is 23.0. The van der Waals surface area contributed by atoms with E-state index in [0.717, 1.165) is 68.0 Å². The standard InChI is InChI=1S/C11H23N3.C9H19N.C8H18N2.C8H17N.C8H11N.C7H10N2.C7H15NO/c1-10(2)13-4-6-14(7-5-13)11-8-12(3)9-11;1-8(2)9-4-6-10(3)7-5-9;1-8(2)10-6-4-9(3)5-7-10;1-8(2)9-6-4-3-5-7-9;1-7(2)8-5-3-4-6-9-8;1-6(2)7-3-8-5-9-4-7;1-7(2)8-3-5-9-6-4-8/h10-11H,4-9H2,1-3H3;8-9H,4-7H2,1-3H3;8H,4-7H2,1-3H3;8H,3-7H2,1-2H3;3-7H,1-2H3;3-6H,1-2H3;7H,3-6H2,1-2H3. The Bertz CT molecular complexity index is 1380. The van der Waals surface area contributed by atoms with Crippen LogP contribution in [0.2, 0.25) is 0 Å². The molecule has 0 spiro atoms. The van der Waals surface area contributed by atoms with Crippen LogP contribution in [0.25, 0.3) is 0 Å². The molecule has 6 fully saturated rings. The molecule has 0 atom stereocenters. The van der Waals surface area contributed by atoms with E-state index in [4.69, 9.17) is 4.74 Å². The van der Waals surface area contributed by atoms with Gasteiger partial charge in [0.25, 0.3) is 0 Å². The smallest absolute Gasteiger partial charge is 0.115 e. The Morgan fingerprint density at radius 3 is 1.30 bits per heavy atom. The zero-order valence-electron chi connectivity index (χ0n) is 48.8. The van der Waals surface area contributed by atoms with Crippen LogP contribution in [-0.4, -0.2) is 223 Å². The number of pyridine rings is 1. The molecule has 0 aliphatic carbocycles. The van der Waals surface area contributed by atoms with Gasteiger partial charge in [0.05, 0.1) is 13.2 Å². The minimum Gasteiger partial charge on any atom is -0.379 e. The van der Waals surface area contributed by atoms with Gasteiger partial charge in [0.1, 0.15) is 6.33 Å². The maximum Gasteiger partial charge on any atom is 0.115 e. The van der Waals surface area contributed by atoms with E-state index in [-0.39, 0.29) is 0 Å². The molecule has 12 heteroatoms. The largest absolute Gasteiger partial charge is 0.379 e. The van der Waals surface area contributed by atoms with E-state index in [1.165, 1.54) is 129 Å². The first kappa shape index (κ1) is 64.0. The molecule has 406 valence electrons. The van der Waals surface area contributed by atoms with Crippen LogP contribution in [0, 0.1) is 11.8 Å². The fraction of sp³-hybridized carbons (Fsp3) is 0.845. The Labute approximate surface area is 433 Å². The Balaban J connectivity index is 0.000000282. The molecule has 6 saturated heterocycles. The van der Waals surface area contributed by atoms with Crippen molar-refractivity contribution in [3.8, 4) is 0 Å². The van der Waals surface area contributed by atoms with E-state index in [2.05, 4.69) is 172 Å². The van der Waals surface area contributed by atoms with Crippen LogP contribution in [0.3, 0.4) is 0 Å². The Morgan fingerprint density at radius 2 is 0.943 bits per heavy atom. The van der Waals surface area contributed by atoms with Crippen molar-refractivity contribution in [2.45, 2.75) is 171 Å². The van der Waals surface area contributed by atoms with Crippen molar-refractivity contribution < 1.29 is 4.74 Å². The van der Waals surface area contributed by atoms with Gasteiger partial charge in [-0.25, -0.2) is 9.97 Å². The van der Waals surface area contributed by atoms with Crippen molar-refractivity contribution in [3.63, 3.8) is 0 Å². The number of likely N-dealkylation sites (tertiary alicyclic amines) is 3. The van der Waals surface area contributed by atoms with Gasteiger partial charge in [0, 0.05) is 133 Å². The summed E-state index contributed by atoms with van der Waals surface area (Å²) in [5.41, 5.74) is 2.36. The number of ether oxygens (including phenoxy) is 1. The number of aromatic nitrogens is 3. The van der Waals surface area contributed by atoms with Crippen molar-refractivity contribution in [1.29, 1.82) is 0 Å². The van der Waals surface area contributed by atoms with E-state index in [1.807, 2.05) is 36.8 Å². The van der Waals surface area contributed by atoms with Gasteiger partial charge in [-0.15, -0.1) is 0 Å². The Hall–Kier alpha value is -2.13. The second kappa shape index (κ2) is 36.7. The predicted molar refractivity (Wildman–Crippen MR) is 301 cm³/mol. The lowest BCUT2D eigenvalue weighted by atomic mass is 9.87. The van der Waals surface area contributed by atoms with Crippen LogP contribution in [0.15, 0.2) is 43.1 Å². The number of hydrogen-bond acceptors (Lipinski definition) is 12. The molecule has 0 radical (unpaired) electrons. The van der Waals surface area contributed by atoms with Gasteiger partial charge < -0.3 is 24.3 Å². The van der Waals surface area contributed by atoms with Crippen LogP contribution < -0.4 is 0 Å². The van der Waals surface area contributed by atoms with Gasteiger partial charge in [-0.05, 0) is 170 Å². The molecule has 12 nitrogen and oxygen atoms in total. The van der Waals surface area contributed by atoms with Crippen LogP contribution in [-0.2, 0) is 4.74 Å². The van der Waals surface area contributed by atoms with Crippen molar-refractivity contribution in [1.82, 2.24) is 54.2 Å². The molecule has 6 aliphatic heterocycles. The highest BCUT2D eigenvalue weighted by atomic mass is 16.5. The van der Waals surface area contributed by atoms with Crippen molar-refractivity contribution in [2.24, 2.45) is 11.8 Å². The molecular formula is C58H113N11O. The number of piperazine rings is 2. The summed E-state index contributed by atoms with van der Waals surface area (Å²) in [6.07, 6.45) is 14.2. The minimum atomic E-state index is 0.534. The number of piperidine rings is 2. The SMILES string of the molecule is CC(C)C1CCN(C)CC1.CC(C)N1CCCCC1.CC(C)N1CCN(C)CC1.CC(C)N1CCN(C2CN(C)C2)CC1.CC(C)N1CCOCC1.CC(C)c1ccccn1.CC(C)c1cncnc1. The number of hydrogen-bond donors (Lipinski definition) is 0. The van der Waals surface area contributed by atoms with Crippen LogP contribution in [0.5, 0.6) is 0 Å². The molecule has 2 aromatic rings. The second-order valence-electron chi connectivity index (χ2n) is 23.0. The van der Waals surface area contributed by atoms with E-state index in [9.17, 15) is 0 Å². The molecule has 0 aromatic carbocycles. The van der Waals surface area contributed by atoms with Crippen LogP contribution in [0.1, 0.15) is 152 Å². The molecule has 0 amide bonds. The summed E-state index contributed by atoms with van der Waals surface area (Å²) < 4.78 is 5.21. The van der Waals surface area contributed by atoms with Crippen molar-refractivity contribution in [2.75, 3.05) is 139 Å². The summed E-state index contributed by atoms with van der Waals surface area (Å²) in [6, 6.07) is 9.77. The Kier molecular flexibility index (Phi) is 33.6. The fourth-order valence-electron chi connectivity index (χ4n) is 9.40. The van der Waals surface area contributed by atoms with Crippen molar-refractivity contribution in [3.05, 3.63) is 54.4 Å². The van der Waals surface area contributed by atoms with Gasteiger partial charge in [-0.3, -0.25) is 24.6 Å². The van der Waals surface area contributed by atoms with Crippen LogP contribution >= 0.6 is 0 Å². The molecule has 70 heavy (non-hydrogen) atoms. The molecule has 8 rings (SSSR count). The number of nitrogens with zero attached hydrogens (tertiary/aromatic N) is 11. The molecule has 0 N–H and O–H groups in total. The Morgan fingerprint density at radius 1 is 0.486 bits per heavy atom. The van der Waals surface area contributed by atoms with Gasteiger partial charge in [-0.1, -0.05) is 54.0 Å². The molecule has 0 saturated carbocycles. The lowest BCUT2D eigenvalue weighted by Gasteiger charge is -2.47. The highest BCUT2D eigenvalue weighted by molar-refractivity contribution is 5.07. The predicted octanol–water partition coefficient (Wildman–Crippen LogP) is 9.37. The van der Waals surface area contributed by atoms with Crippen LogP contribution in [0.4, 0.5) is 0 Å². The number of morpholine rings is 1. The summed E-state index contributed by atoms with van der Waals surface area (Å²) in [5, 5.41) is 0. The van der Waals surface area contributed by atoms with Gasteiger partial charge >= 0.3 is 0 Å². The molecule has 2 aromatic heterocycles. The fourth-order valence-corrected chi connectivity index (χ4v) is 9.40. The molecule has 8 heterocycles. The van der Waals surface area contributed by atoms with Gasteiger partial charge in [0.2, 0.25) is 0 Å². The first-order valence-corrected chi connectivity index (χ1v) is 28.3. The maximum absolute atomic E-state index is 5.21. The first-order chi connectivity index (χ1) is 33.3. The summed E-state index contributed by atoms with van der Waals surface area (Å²) in [7, 11) is 6.62. The van der Waals surface area contributed by atoms with E-state index in [0.29, 0.717) is 17.9 Å². The molecule has 6 aliphatic rings. The monoisotopic (exact) mass is 980 g/mol. The summed E-state index contributed by atoms with van der Waals surface area (Å²) >= 11 is 0. The zero-order valence-corrected chi connectivity index (χ0v) is 48.8. The third-order valence-electron chi connectivity index (χ3n) is 15.0. The van der Waals surface area contributed by atoms with E-state index in [1.54, 1.807) is 6.33 Å². The summed E-state index contributed by atoms with van der Waals surface area (Å²) in [6.45, 7) is 53.3. The van der Waals surface area contributed by atoms with Crippen molar-refractivity contribution >= 4 is 0 Å². The van der Waals surface area contributed by atoms with Gasteiger partial charge in [-0.2, -0.15) is 0 Å². The lowest BCUT2D eigenvalue weighted by molar-refractivity contribution is 0.0110. The molecular weight excluding hydrogens is 867 g/mol. The maximum atomic E-state index is 5.21. The first-order valence-electron chi connectivity index (χ1n) is 28.3. The normalized spacial score (nSPS) is 21.0. The average Bonchev–Trinajstić information content (AvgIpc) is 3.35. The summed E-state index contributed by atoms with van der Waals surface area (Å²) in [4.78, 5) is 32.0. The van der Waals surface area contributed by atoms with E-state index >= 15 is 0 Å². The minimum absolute atomic E-state index is 0.534.